The van der Waals surface area contributed by atoms with Crippen molar-refractivity contribution in [2.75, 3.05) is 0 Å². The van der Waals surface area contributed by atoms with Crippen LogP contribution in [0.25, 0.3) is 0 Å². The Morgan fingerprint density at radius 2 is 2.00 bits per heavy atom. The molecule has 0 amide bonds. The highest BCUT2D eigenvalue weighted by molar-refractivity contribution is 5.07. The van der Waals surface area contributed by atoms with Crippen LogP contribution in [0.5, 0.6) is 0 Å². The van der Waals surface area contributed by atoms with Gasteiger partial charge in [0, 0.05) is 6.07 Å². The van der Waals surface area contributed by atoms with Gasteiger partial charge in [-0.05, 0) is 6.92 Å². The number of aromatic nitrogens is 1. The zero-order chi connectivity index (χ0) is 7.72. The number of aryl methyl sites for hydroxylation is 1. The van der Waals surface area contributed by atoms with Crippen LogP contribution in [0.1, 0.15) is 5.56 Å². The molecule has 1 rings (SSSR count). The van der Waals surface area contributed by atoms with Crippen molar-refractivity contribution in [1.82, 2.24) is 0 Å². The monoisotopic (exact) mass is 144 g/mol. The zero-order valence-corrected chi connectivity index (χ0v) is 5.86. The lowest BCUT2D eigenvalue weighted by molar-refractivity contribution is -0.700. The first-order chi connectivity index (χ1) is 4.63. The lowest BCUT2D eigenvalue weighted by Gasteiger charge is -1.93. The van der Waals surface area contributed by atoms with E-state index in [0.29, 0.717) is 0 Å². The number of hydrogen-bond donors (Lipinski definition) is 0. The fraction of sp³-hybridized carbons (Fsp3) is 0.286. The molecule has 1 heterocycles. The first-order valence-electron chi connectivity index (χ1n) is 2.93. The molecule has 54 valence electrons. The van der Waals surface area contributed by atoms with Gasteiger partial charge in [0.15, 0.2) is 6.20 Å². The van der Waals surface area contributed by atoms with Gasteiger partial charge in [-0.1, -0.05) is 0 Å². The van der Waals surface area contributed by atoms with Gasteiger partial charge in [0.2, 0.25) is 0 Å². The molecule has 10 heavy (non-hydrogen) atoms. The van der Waals surface area contributed by atoms with Gasteiger partial charge in [0.05, 0.1) is 5.56 Å². The predicted octanol–water partition coefficient (Wildman–Crippen LogP) is 1.10. The fourth-order valence-corrected chi connectivity index (χ4v) is 0.731. The molecule has 1 nitrogen and oxygen atoms in total. The summed E-state index contributed by atoms with van der Waals surface area (Å²) >= 11 is 0. The Bertz CT molecular complexity index is 231. The van der Waals surface area contributed by atoms with Crippen molar-refractivity contribution in [2.24, 2.45) is 7.05 Å². The molecule has 0 aliphatic rings. The molecular weight excluding hydrogens is 136 g/mol. The average molecular weight is 144 g/mol. The Morgan fingerprint density at radius 3 is 2.50 bits per heavy atom. The van der Waals surface area contributed by atoms with E-state index in [-0.39, 0.29) is 5.56 Å². The van der Waals surface area contributed by atoms with Crippen molar-refractivity contribution in [3.8, 4) is 0 Å². The minimum atomic E-state index is -0.528. The van der Waals surface area contributed by atoms with Crippen molar-refractivity contribution in [3.05, 3.63) is 29.6 Å². The van der Waals surface area contributed by atoms with Crippen molar-refractivity contribution in [1.29, 1.82) is 0 Å². The van der Waals surface area contributed by atoms with Crippen LogP contribution in [0.15, 0.2) is 12.3 Å². The maximum atomic E-state index is 12.7. The summed E-state index contributed by atoms with van der Waals surface area (Å²) in [5.74, 6) is -1.03. The molecule has 1 aromatic heterocycles. The van der Waals surface area contributed by atoms with E-state index in [9.17, 15) is 8.78 Å². The first kappa shape index (κ1) is 7.12. The quantitative estimate of drug-likeness (QED) is 0.379. The number of pyridine rings is 1. The van der Waals surface area contributed by atoms with Crippen LogP contribution >= 0.6 is 0 Å². The minimum absolute atomic E-state index is 0.0602. The molecule has 0 aliphatic carbocycles. The van der Waals surface area contributed by atoms with E-state index in [2.05, 4.69) is 0 Å². The number of hydrogen-bond acceptors (Lipinski definition) is 0. The SMILES string of the molecule is Cc1c(F)cc[n+](C)c1F. The lowest BCUT2D eigenvalue weighted by Crippen LogP contribution is -2.33. The highest BCUT2D eigenvalue weighted by Crippen LogP contribution is 2.04. The van der Waals surface area contributed by atoms with Crippen molar-refractivity contribution >= 4 is 0 Å². The Balaban J connectivity index is 3.34. The van der Waals surface area contributed by atoms with E-state index in [1.165, 1.54) is 30.8 Å². The van der Waals surface area contributed by atoms with Crippen LogP contribution in [0.2, 0.25) is 0 Å². The van der Waals surface area contributed by atoms with Crippen LogP contribution in [0.4, 0.5) is 8.78 Å². The van der Waals surface area contributed by atoms with Gasteiger partial charge < -0.3 is 0 Å². The molecule has 0 unspecified atom stereocenters. The van der Waals surface area contributed by atoms with Gasteiger partial charge in [0.25, 0.3) is 0 Å². The summed E-state index contributed by atoms with van der Waals surface area (Å²) in [5, 5.41) is 0. The summed E-state index contributed by atoms with van der Waals surface area (Å²) in [6.45, 7) is 1.41. The summed E-state index contributed by atoms with van der Waals surface area (Å²) in [6.07, 6.45) is 1.34. The summed E-state index contributed by atoms with van der Waals surface area (Å²) in [7, 11) is 1.53. The van der Waals surface area contributed by atoms with Gasteiger partial charge in [0.1, 0.15) is 12.9 Å². The summed E-state index contributed by atoms with van der Waals surface area (Å²) in [5.41, 5.74) is 0.0602. The number of halogens is 2. The molecule has 0 atom stereocenters. The van der Waals surface area contributed by atoms with Gasteiger partial charge in [-0.25, -0.2) is 4.39 Å². The molecule has 1 aromatic rings. The second kappa shape index (κ2) is 2.33. The van der Waals surface area contributed by atoms with Gasteiger partial charge in [-0.15, -0.1) is 4.39 Å². The first-order valence-corrected chi connectivity index (χ1v) is 2.93. The van der Waals surface area contributed by atoms with Crippen LogP contribution in [0, 0.1) is 18.7 Å². The third-order valence-electron chi connectivity index (χ3n) is 1.42. The third-order valence-corrected chi connectivity index (χ3v) is 1.42. The van der Waals surface area contributed by atoms with Gasteiger partial charge >= 0.3 is 5.95 Å². The average Bonchev–Trinajstić information content (AvgIpc) is 1.93. The minimum Gasteiger partial charge on any atom is -0.206 e. The van der Waals surface area contributed by atoms with E-state index in [1.54, 1.807) is 0 Å². The van der Waals surface area contributed by atoms with Crippen molar-refractivity contribution in [3.63, 3.8) is 0 Å². The number of rotatable bonds is 0. The van der Waals surface area contributed by atoms with E-state index in [0.717, 1.165) is 0 Å². The molecule has 0 saturated heterocycles. The van der Waals surface area contributed by atoms with Gasteiger partial charge in [-0.3, -0.25) is 0 Å². The summed E-state index contributed by atoms with van der Waals surface area (Å²) in [6, 6.07) is 1.23. The highest BCUT2D eigenvalue weighted by atomic mass is 19.1. The standard InChI is InChI=1S/C7H8F2N/c1-5-6(8)3-4-10(2)7(5)9/h3-4H,1-2H3/q+1. The molecule has 0 spiro atoms. The molecule has 0 fully saturated rings. The normalized spacial score (nSPS) is 10.0. The Hall–Kier alpha value is -0.990. The molecule has 0 N–H and O–H groups in total. The number of nitrogens with zero attached hydrogens (tertiary/aromatic N) is 1. The van der Waals surface area contributed by atoms with E-state index in [4.69, 9.17) is 0 Å². The van der Waals surface area contributed by atoms with Crippen LogP contribution in [-0.2, 0) is 7.05 Å². The molecule has 0 aliphatic heterocycles. The Morgan fingerprint density at radius 1 is 1.40 bits per heavy atom. The topological polar surface area (TPSA) is 3.88 Å². The molecule has 0 aromatic carbocycles. The predicted molar refractivity (Wildman–Crippen MR) is 32.3 cm³/mol. The maximum absolute atomic E-state index is 12.7. The van der Waals surface area contributed by atoms with Crippen LogP contribution in [-0.4, -0.2) is 0 Å². The molecule has 0 radical (unpaired) electrons. The fourth-order valence-electron chi connectivity index (χ4n) is 0.731. The van der Waals surface area contributed by atoms with Crippen molar-refractivity contribution in [2.45, 2.75) is 6.92 Å². The molecule has 3 heteroatoms. The zero-order valence-electron chi connectivity index (χ0n) is 5.86. The maximum Gasteiger partial charge on any atom is 0.365 e. The Labute approximate surface area is 57.9 Å². The highest BCUT2D eigenvalue weighted by Gasteiger charge is 2.12. The van der Waals surface area contributed by atoms with E-state index >= 15 is 0 Å². The molecule has 0 saturated carbocycles. The summed E-state index contributed by atoms with van der Waals surface area (Å²) < 4.78 is 26.5. The van der Waals surface area contributed by atoms with Crippen molar-refractivity contribution < 1.29 is 13.3 Å². The van der Waals surface area contributed by atoms with Gasteiger partial charge in [-0.2, -0.15) is 4.57 Å². The van der Waals surface area contributed by atoms with E-state index < -0.39 is 11.8 Å². The molecule has 0 bridgehead atoms. The van der Waals surface area contributed by atoms with Crippen LogP contribution in [0.3, 0.4) is 0 Å². The third kappa shape index (κ3) is 0.988. The van der Waals surface area contributed by atoms with E-state index in [1.807, 2.05) is 0 Å². The Kier molecular flexibility index (Phi) is 1.66. The smallest absolute Gasteiger partial charge is 0.206 e. The largest absolute Gasteiger partial charge is 0.365 e. The molecular formula is C7H8F2N+. The second-order valence-electron chi connectivity index (χ2n) is 2.19. The lowest BCUT2D eigenvalue weighted by atomic mass is 10.3. The second-order valence-corrected chi connectivity index (χ2v) is 2.19. The summed E-state index contributed by atoms with van der Waals surface area (Å²) in [4.78, 5) is 0. The van der Waals surface area contributed by atoms with Crippen LogP contribution < -0.4 is 4.57 Å².